The average Bonchev–Trinajstić information content (AvgIpc) is 3.21. The first-order valence-corrected chi connectivity index (χ1v) is 12.9. The first kappa shape index (κ1) is 24.4. The number of aliphatic hydroxyl groups is 1. The molecule has 1 N–H and O–H groups in total. The van der Waals surface area contributed by atoms with Crippen LogP contribution in [0.25, 0.3) is 0 Å². The molecule has 1 amide bonds. The predicted octanol–water partition coefficient (Wildman–Crippen LogP) is 2.34. The Morgan fingerprint density at radius 3 is 2.59 bits per heavy atom. The third-order valence-corrected chi connectivity index (χ3v) is 8.59. The Morgan fingerprint density at radius 2 is 1.85 bits per heavy atom. The third kappa shape index (κ3) is 4.60. The minimum absolute atomic E-state index is 0.0453. The van der Waals surface area contributed by atoms with Crippen LogP contribution in [0.2, 0.25) is 0 Å². The number of sulfonamides is 1. The van der Waals surface area contributed by atoms with Crippen LogP contribution in [-0.2, 0) is 30.8 Å². The van der Waals surface area contributed by atoms with Gasteiger partial charge in [-0.25, -0.2) is 8.42 Å². The lowest BCUT2D eigenvalue weighted by atomic mass is 9.96. The molecule has 0 unspecified atom stereocenters. The number of benzene rings is 2. The van der Waals surface area contributed by atoms with E-state index in [-0.39, 0.29) is 29.8 Å². The van der Waals surface area contributed by atoms with Gasteiger partial charge in [0.2, 0.25) is 10.0 Å². The minimum atomic E-state index is -4.04. The molecule has 8 nitrogen and oxygen atoms in total. The molecular weight excluding hydrogens is 456 g/mol. The van der Waals surface area contributed by atoms with Crippen molar-refractivity contribution in [1.29, 1.82) is 0 Å². The van der Waals surface area contributed by atoms with Crippen LogP contribution in [0.3, 0.4) is 0 Å². The summed E-state index contributed by atoms with van der Waals surface area (Å²) in [5.41, 5.74) is 3.62. The maximum atomic E-state index is 13.3. The fraction of sp³-hybridized carbons (Fsp3) is 0.440. The van der Waals surface area contributed by atoms with E-state index in [0.29, 0.717) is 0 Å². The molecule has 0 saturated carbocycles. The zero-order chi connectivity index (χ0) is 24.6. The van der Waals surface area contributed by atoms with E-state index in [1.54, 1.807) is 17.0 Å². The summed E-state index contributed by atoms with van der Waals surface area (Å²) in [6.45, 7) is 4.93. The molecule has 1 saturated heterocycles. The number of nitrogens with zero attached hydrogens (tertiary/aromatic N) is 2. The van der Waals surface area contributed by atoms with Gasteiger partial charge in [-0.2, -0.15) is 4.31 Å². The van der Waals surface area contributed by atoms with Gasteiger partial charge in [-0.1, -0.05) is 24.3 Å². The number of aliphatic hydroxyl groups excluding tert-OH is 1. The van der Waals surface area contributed by atoms with Gasteiger partial charge in [-0.15, -0.1) is 0 Å². The van der Waals surface area contributed by atoms with E-state index < -0.39 is 34.7 Å². The highest BCUT2D eigenvalue weighted by atomic mass is 32.2. The molecule has 2 heterocycles. The number of anilines is 1. The summed E-state index contributed by atoms with van der Waals surface area (Å²) < 4.78 is 32.8. The fourth-order valence-electron chi connectivity index (χ4n) is 4.64. The zero-order valence-corrected chi connectivity index (χ0v) is 20.4. The number of rotatable bonds is 5. The van der Waals surface area contributed by atoms with Crippen LogP contribution in [0, 0.1) is 13.8 Å². The molecule has 4 rings (SSSR count). The predicted molar refractivity (Wildman–Crippen MR) is 127 cm³/mol. The van der Waals surface area contributed by atoms with Crippen molar-refractivity contribution in [3.63, 3.8) is 0 Å². The van der Waals surface area contributed by atoms with Crippen LogP contribution in [0.5, 0.6) is 0 Å². The van der Waals surface area contributed by atoms with Crippen LogP contribution in [0.15, 0.2) is 47.4 Å². The van der Waals surface area contributed by atoms with Gasteiger partial charge in [-0.05, 0) is 68.5 Å². The number of hydrogen-bond acceptors (Lipinski definition) is 6. The van der Waals surface area contributed by atoms with Crippen molar-refractivity contribution in [2.75, 3.05) is 18.1 Å². The van der Waals surface area contributed by atoms with E-state index in [4.69, 9.17) is 4.74 Å². The maximum Gasteiger partial charge on any atom is 0.325 e. The van der Waals surface area contributed by atoms with Crippen molar-refractivity contribution >= 4 is 27.6 Å². The normalized spacial score (nSPS) is 22.9. The van der Waals surface area contributed by atoms with Gasteiger partial charge in [0.1, 0.15) is 6.04 Å². The van der Waals surface area contributed by atoms with Crippen LogP contribution in [0.1, 0.15) is 36.5 Å². The smallest absolute Gasteiger partial charge is 0.325 e. The first-order valence-electron chi connectivity index (χ1n) is 11.4. The van der Waals surface area contributed by atoms with Gasteiger partial charge in [-0.3, -0.25) is 9.59 Å². The molecule has 0 spiro atoms. The number of fused-ring (bicyclic) bond motifs is 1. The lowest BCUT2D eigenvalue weighted by Crippen LogP contribution is -2.46. The van der Waals surface area contributed by atoms with E-state index in [1.807, 2.05) is 45.0 Å². The number of hydrogen-bond donors (Lipinski definition) is 1. The summed E-state index contributed by atoms with van der Waals surface area (Å²) in [6, 6.07) is 11.1. The van der Waals surface area contributed by atoms with Gasteiger partial charge >= 0.3 is 5.97 Å². The highest BCUT2D eigenvalue weighted by Crippen LogP contribution is 2.31. The molecule has 2 aliphatic rings. The van der Waals surface area contributed by atoms with Crippen LogP contribution < -0.4 is 4.90 Å². The molecule has 2 aromatic rings. The van der Waals surface area contributed by atoms with E-state index >= 15 is 0 Å². The number of amides is 1. The summed E-state index contributed by atoms with van der Waals surface area (Å²) in [5, 5.41) is 10.2. The number of para-hydroxylation sites is 1. The van der Waals surface area contributed by atoms with Crippen molar-refractivity contribution in [2.24, 2.45) is 0 Å². The molecule has 1 fully saturated rings. The molecule has 34 heavy (non-hydrogen) atoms. The van der Waals surface area contributed by atoms with Gasteiger partial charge in [0.15, 0.2) is 6.61 Å². The Bertz CT molecular complexity index is 1210. The van der Waals surface area contributed by atoms with Crippen LogP contribution >= 0.6 is 0 Å². The second-order valence-corrected chi connectivity index (χ2v) is 11.0. The largest absolute Gasteiger partial charge is 0.454 e. The molecule has 0 bridgehead atoms. The number of aryl methyl sites for hydroxylation is 3. The summed E-state index contributed by atoms with van der Waals surface area (Å²) in [5.74, 6) is -1.20. The second-order valence-electron chi connectivity index (χ2n) is 9.11. The highest BCUT2D eigenvalue weighted by molar-refractivity contribution is 7.89. The molecule has 3 atom stereocenters. The lowest BCUT2D eigenvalue weighted by molar-refractivity contribution is -0.151. The van der Waals surface area contributed by atoms with Crippen molar-refractivity contribution in [2.45, 2.75) is 63.1 Å². The molecule has 0 aliphatic carbocycles. The average molecular weight is 487 g/mol. The van der Waals surface area contributed by atoms with E-state index in [2.05, 4.69) is 0 Å². The van der Waals surface area contributed by atoms with E-state index in [1.165, 1.54) is 6.07 Å². The summed E-state index contributed by atoms with van der Waals surface area (Å²) >= 11 is 0. The molecule has 0 aromatic heterocycles. The number of carbonyl (C=O) groups is 2. The summed E-state index contributed by atoms with van der Waals surface area (Å²) in [6.07, 6.45) is 0.586. The minimum Gasteiger partial charge on any atom is -0.454 e. The van der Waals surface area contributed by atoms with Crippen molar-refractivity contribution < 1.29 is 27.9 Å². The summed E-state index contributed by atoms with van der Waals surface area (Å²) in [4.78, 5) is 27.6. The monoisotopic (exact) mass is 486 g/mol. The Morgan fingerprint density at radius 1 is 1.12 bits per heavy atom. The third-order valence-electron chi connectivity index (χ3n) is 6.72. The second kappa shape index (κ2) is 9.48. The Hall–Kier alpha value is -2.75. The van der Waals surface area contributed by atoms with E-state index in [0.717, 1.165) is 39.5 Å². The van der Waals surface area contributed by atoms with Crippen molar-refractivity contribution in [3.05, 3.63) is 59.2 Å². The highest BCUT2D eigenvalue weighted by Gasteiger charge is 2.44. The Balaban J connectivity index is 1.49. The maximum absolute atomic E-state index is 13.3. The molecule has 2 aliphatic heterocycles. The van der Waals surface area contributed by atoms with Gasteiger partial charge in [0, 0.05) is 24.7 Å². The standard InChI is InChI=1S/C25H30N2O6S/c1-16-8-11-21(12-17(16)2)34(31,32)26-14-20(28)13-23(26)25(30)33-15-24(29)27-18(3)9-10-19-6-4-5-7-22(19)27/h4-8,11-12,18,20,23,28H,9-10,13-15H2,1-3H3/t18-,20-,23+/m1/s1. The number of esters is 1. The molecule has 182 valence electrons. The quantitative estimate of drug-likeness (QED) is 0.651. The molecular formula is C25H30N2O6S. The number of ether oxygens (including phenoxy) is 1. The molecule has 9 heteroatoms. The SMILES string of the molecule is Cc1ccc(S(=O)(=O)N2C[C@H](O)C[C@H]2C(=O)OCC(=O)N2c3ccccc3CC[C@H]2C)cc1C. The fourth-order valence-corrected chi connectivity index (χ4v) is 6.35. The zero-order valence-electron chi connectivity index (χ0n) is 19.6. The first-order chi connectivity index (χ1) is 16.1. The topological polar surface area (TPSA) is 104 Å². The van der Waals surface area contributed by atoms with Crippen LogP contribution in [0.4, 0.5) is 5.69 Å². The van der Waals surface area contributed by atoms with E-state index in [9.17, 15) is 23.1 Å². The lowest BCUT2D eigenvalue weighted by Gasteiger charge is -2.35. The summed E-state index contributed by atoms with van der Waals surface area (Å²) in [7, 11) is -4.04. The number of carbonyl (C=O) groups excluding carboxylic acids is 2. The number of β-amino-alcohol motifs (C(OH)–C–C–N with tert-alkyl or cyclic N) is 1. The molecule has 2 aromatic carbocycles. The van der Waals surface area contributed by atoms with Gasteiger partial charge < -0.3 is 14.7 Å². The van der Waals surface area contributed by atoms with Crippen LogP contribution in [-0.4, -0.2) is 61.0 Å². The van der Waals surface area contributed by atoms with Gasteiger partial charge in [0.05, 0.1) is 11.0 Å². The Labute approximate surface area is 200 Å². The van der Waals surface area contributed by atoms with Gasteiger partial charge in [0.25, 0.3) is 5.91 Å². The Kier molecular flexibility index (Phi) is 6.80. The molecule has 0 radical (unpaired) electrons. The van der Waals surface area contributed by atoms with Crippen molar-refractivity contribution in [1.82, 2.24) is 4.31 Å². The van der Waals surface area contributed by atoms with Crippen molar-refractivity contribution in [3.8, 4) is 0 Å².